The van der Waals surface area contributed by atoms with E-state index in [4.69, 9.17) is 21.1 Å². The molecule has 7 heteroatoms. The number of fused-ring (bicyclic) bond motifs is 1. The number of Topliss-reactive ketones (excluding diaryl/α,β-unsaturated/α-hetero) is 1. The Bertz CT molecular complexity index is 713. The number of ether oxygens (including phenoxy) is 2. The van der Waals surface area contributed by atoms with Crippen LogP contribution in [0, 0.1) is 5.92 Å². The van der Waals surface area contributed by atoms with Crippen molar-refractivity contribution in [3.63, 3.8) is 0 Å². The topological polar surface area (TPSA) is 59.1 Å². The smallest absolute Gasteiger partial charge is 0.320 e. The van der Waals surface area contributed by atoms with E-state index in [0.29, 0.717) is 44.2 Å². The number of amides is 2. The quantitative estimate of drug-likeness (QED) is 0.793. The van der Waals surface area contributed by atoms with Crippen molar-refractivity contribution in [3.8, 4) is 0 Å². The average molecular weight is 393 g/mol. The van der Waals surface area contributed by atoms with Crippen molar-refractivity contribution in [1.29, 1.82) is 0 Å². The summed E-state index contributed by atoms with van der Waals surface area (Å²) in [5, 5.41) is 0.704. The molecule has 4 rings (SSSR count). The molecule has 1 aromatic rings. The number of hydrogen-bond acceptors (Lipinski definition) is 4. The third kappa shape index (κ3) is 4.28. The summed E-state index contributed by atoms with van der Waals surface area (Å²) >= 11 is 6.17. The van der Waals surface area contributed by atoms with Gasteiger partial charge in [-0.1, -0.05) is 29.8 Å². The van der Waals surface area contributed by atoms with E-state index in [-0.39, 0.29) is 36.5 Å². The fourth-order valence-corrected chi connectivity index (χ4v) is 4.40. The molecule has 0 aliphatic carbocycles. The van der Waals surface area contributed by atoms with E-state index >= 15 is 0 Å². The van der Waals surface area contributed by atoms with Crippen LogP contribution >= 0.6 is 11.6 Å². The molecular weight excluding hydrogens is 368 g/mol. The van der Waals surface area contributed by atoms with Crippen LogP contribution in [0.5, 0.6) is 0 Å². The lowest BCUT2D eigenvalue weighted by Gasteiger charge is -2.41. The first-order valence-electron chi connectivity index (χ1n) is 9.62. The summed E-state index contributed by atoms with van der Waals surface area (Å²) in [5.74, 6) is 0.276. The maximum Gasteiger partial charge on any atom is 0.320 e. The van der Waals surface area contributed by atoms with Gasteiger partial charge in [0.2, 0.25) is 0 Å². The highest BCUT2D eigenvalue weighted by molar-refractivity contribution is 6.31. The molecule has 0 aromatic heterocycles. The predicted molar refractivity (Wildman–Crippen MR) is 101 cm³/mol. The zero-order valence-electron chi connectivity index (χ0n) is 15.3. The molecule has 3 aliphatic heterocycles. The Labute approximate surface area is 164 Å². The van der Waals surface area contributed by atoms with Crippen molar-refractivity contribution in [2.45, 2.75) is 38.1 Å². The zero-order valence-corrected chi connectivity index (χ0v) is 16.1. The van der Waals surface area contributed by atoms with Gasteiger partial charge in [-0.3, -0.25) is 4.79 Å². The van der Waals surface area contributed by atoms with Crippen LogP contribution < -0.4 is 0 Å². The van der Waals surface area contributed by atoms with Gasteiger partial charge in [-0.25, -0.2) is 4.79 Å². The Hall–Kier alpha value is -1.63. The van der Waals surface area contributed by atoms with Gasteiger partial charge in [0.1, 0.15) is 6.61 Å². The van der Waals surface area contributed by atoms with Crippen LogP contribution in [0.3, 0.4) is 0 Å². The highest BCUT2D eigenvalue weighted by atomic mass is 35.5. The second kappa shape index (κ2) is 8.17. The molecule has 27 heavy (non-hydrogen) atoms. The monoisotopic (exact) mass is 392 g/mol. The van der Waals surface area contributed by atoms with E-state index in [1.165, 1.54) is 0 Å². The highest BCUT2D eigenvalue weighted by Gasteiger charge is 2.38. The van der Waals surface area contributed by atoms with Crippen molar-refractivity contribution >= 4 is 23.4 Å². The summed E-state index contributed by atoms with van der Waals surface area (Å²) in [6, 6.07) is 7.70. The Morgan fingerprint density at radius 3 is 2.81 bits per heavy atom. The number of ketones is 1. The summed E-state index contributed by atoms with van der Waals surface area (Å²) < 4.78 is 11.6. The fourth-order valence-electron chi connectivity index (χ4n) is 4.21. The van der Waals surface area contributed by atoms with Gasteiger partial charge in [0.05, 0.1) is 18.8 Å². The summed E-state index contributed by atoms with van der Waals surface area (Å²) in [6.45, 7) is 3.28. The number of hydrogen-bond donors (Lipinski definition) is 0. The minimum Gasteiger partial charge on any atom is -0.372 e. The summed E-state index contributed by atoms with van der Waals surface area (Å²) in [7, 11) is 0. The van der Waals surface area contributed by atoms with Crippen LogP contribution in [-0.2, 0) is 20.9 Å². The molecule has 0 radical (unpaired) electrons. The second-order valence-corrected chi connectivity index (χ2v) is 8.04. The molecule has 0 N–H and O–H groups in total. The van der Waals surface area contributed by atoms with Crippen LogP contribution in [0.1, 0.15) is 24.8 Å². The lowest BCUT2D eigenvalue weighted by molar-refractivity contribution is -0.139. The third-order valence-electron chi connectivity index (χ3n) is 5.73. The number of urea groups is 1. The first-order valence-corrected chi connectivity index (χ1v) is 10.00. The second-order valence-electron chi connectivity index (χ2n) is 7.63. The largest absolute Gasteiger partial charge is 0.372 e. The standard InChI is InChI=1S/C20H25ClN2O4/c21-18-4-2-1-3-14(18)12-26-17-5-7-23(11-17)20(25)22-8-6-19-15(10-22)9-16(24)13-27-19/h1-4,15,17,19H,5-13H2/t15-,17?,19+/m1/s1. The van der Waals surface area contributed by atoms with Crippen molar-refractivity contribution in [3.05, 3.63) is 34.9 Å². The number of benzene rings is 1. The minimum atomic E-state index is 0.0300. The molecule has 3 heterocycles. The Kier molecular flexibility index (Phi) is 5.66. The van der Waals surface area contributed by atoms with Gasteiger partial charge in [0.25, 0.3) is 0 Å². The molecule has 0 bridgehead atoms. The maximum absolute atomic E-state index is 12.9. The normalized spacial score (nSPS) is 28.3. The number of piperidine rings is 1. The minimum absolute atomic E-state index is 0.0300. The third-order valence-corrected chi connectivity index (χ3v) is 6.10. The molecule has 3 aliphatic rings. The van der Waals surface area contributed by atoms with Gasteiger partial charge in [-0.05, 0) is 24.5 Å². The first kappa shape index (κ1) is 18.7. The van der Waals surface area contributed by atoms with Crippen molar-refractivity contribution in [1.82, 2.24) is 9.80 Å². The lowest BCUT2D eigenvalue weighted by Crippen LogP contribution is -2.53. The molecule has 0 saturated carbocycles. The number of rotatable bonds is 3. The molecule has 0 spiro atoms. The molecule has 2 amide bonds. The number of halogens is 1. The van der Waals surface area contributed by atoms with Gasteiger partial charge < -0.3 is 19.3 Å². The molecule has 1 unspecified atom stereocenters. The van der Waals surface area contributed by atoms with Gasteiger partial charge in [-0.2, -0.15) is 0 Å². The Balaban J connectivity index is 1.28. The van der Waals surface area contributed by atoms with Crippen LogP contribution in [-0.4, -0.2) is 66.6 Å². The molecule has 3 fully saturated rings. The van der Waals surface area contributed by atoms with Crippen LogP contribution in [0.15, 0.2) is 24.3 Å². The van der Waals surface area contributed by atoms with E-state index in [2.05, 4.69) is 0 Å². The van der Waals surface area contributed by atoms with Crippen LogP contribution in [0.25, 0.3) is 0 Å². The van der Waals surface area contributed by atoms with Crippen LogP contribution in [0.2, 0.25) is 5.02 Å². The Morgan fingerprint density at radius 1 is 1.19 bits per heavy atom. The SMILES string of the molecule is O=C1CO[C@H]2CCN(C(=O)N3CCC(OCc4ccccc4Cl)C3)C[C@H]2C1. The average Bonchev–Trinajstić information content (AvgIpc) is 3.15. The molecule has 3 saturated heterocycles. The molecule has 146 valence electrons. The van der Waals surface area contributed by atoms with Gasteiger partial charge in [0, 0.05) is 43.5 Å². The van der Waals surface area contributed by atoms with Crippen molar-refractivity contribution < 1.29 is 19.1 Å². The van der Waals surface area contributed by atoms with E-state index in [9.17, 15) is 9.59 Å². The Morgan fingerprint density at radius 2 is 1.96 bits per heavy atom. The van der Waals surface area contributed by atoms with E-state index in [1.54, 1.807) is 0 Å². The number of likely N-dealkylation sites (tertiary alicyclic amines) is 2. The van der Waals surface area contributed by atoms with E-state index in [0.717, 1.165) is 18.4 Å². The lowest BCUT2D eigenvalue weighted by atomic mass is 9.88. The summed E-state index contributed by atoms with van der Waals surface area (Å²) in [6.07, 6.45) is 2.32. The van der Waals surface area contributed by atoms with Gasteiger partial charge in [-0.15, -0.1) is 0 Å². The van der Waals surface area contributed by atoms with Crippen LogP contribution in [0.4, 0.5) is 4.79 Å². The van der Waals surface area contributed by atoms with E-state index < -0.39 is 0 Å². The molecule has 6 nitrogen and oxygen atoms in total. The van der Waals surface area contributed by atoms with E-state index in [1.807, 2.05) is 34.1 Å². The fraction of sp³-hybridized carbons (Fsp3) is 0.600. The number of nitrogens with zero attached hydrogens (tertiary/aromatic N) is 2. The predicted octanol–water partition coefficient (Wildman–Crippen LogP) is 2.73. The zero-order chi connectivity index (χ0) is 18.8. The van der Waals surface area contributed by atoms with Gasteiger partial charge >= 0.3 is 6.03 Å². The number of carbonyl (C=O) groups excluding carboxylic acids is 2. The van der Waals surface area contributed by atoms with Crippen molar-refractivity contribution in [2.24, 2.45) is 5.92 Å². The molecule has 1 aromatic carbocycles. The molecular formula is C20H25ClN2O4. The summed E-state index contributed by atoms with van der Waals surface area (Å²) in [5.41, 5.74) is 0.966. The summed E-state index contributed by atoms with van der Waals surface area (Å²) in [4.78, 5) is 28.3. The van der Waals surface area contributed by atoms with Crippen molar-refractivity contribution in [2.75, 3.05) is 32.8 Å². The highest BCUT2D eigenvalue weighted by Crippen LogP contribution is 2.28. The first-order chi connectivity index (χ1) is 13.1. The number of carbonyl (C=O) groups is 2. The van der Waals surface area contributed by atoms with Gasteiger partial charge in [0.15, 0.2) is 5.78 Å². The maximum atomic E-state index is 12.9. The molecule has 3 atom stereocenters.